The first-order valence-corrected chi connectivity index (χ1v) is 10.0. The number of nitrogens with one attached hydrogen (secondary N) is 2. The molecule has 0 aliphatic carbocycles. The summed E-state index contributed by atoms with van der Waals surface area (Å²) in [6.45, 7) is 4.01. The van der Waals surface area contributed by atoms with E-state index in [0.29, 0.717) is 5.13 Å². The molecule has 6 heteroatoms. The molecule has 0 fully saturated rings. The van der Waals surface area contributed by atoms with Crippen LogP contribution in [0.15, 0.2) is 73.1 Å². The molecule has 0 radical (unpaired) electrons. The summed E-state index contributed by atoms with van der Waals surface area (Å²) >= 11 is 1.45. The first kappa shape index (κ1) is 18.8. The summed E-state index contributed by atoms with van der Waals surface area (Å²) in [4.78, 5) is 22.3. The summed E-state index contributed by atoms with van der Waals surface area (Å²) in [5, 5.41) is 6.30. The van der Waals surface area contributed by atoms with E-state index < -0.39 is 0 Å². The van der Waals surface area contributed by atoms with Crippen LogP contribution in [0.4, 0.5) is 15.6 Å². The van der Waals surface area contributed by atoms with Crippen molar-refractivity contribution in [1.82, 2.24) is 9.97 Å². The molecule has 4 rings (SSSR count). The van der Waals surface area contributed by atoms with Gasteiger partial charge in [-0.05, 0) is 49.2 Å². The number of aryl methyl sites for hydroxylation is 2. The molecule has 4 aromatic rings. The van der Waals surface area contributed by atoms with Crippen LogP contribution in [0, 0.1) is 13.8 Å². The number of amides is 2. The molecule has 0 spiro atoms. The van der Waals surface area contributed by atoms with Crippen LogP contribution in [0.1, 0.15) is 11.1 Å². The number of carbonyl (C=O) groups is 1. The van der Waals surface area contributed by atoms with Crippen LogP contribution >= 0.6 is 11.3 Å². The number of benzene rings is 2. The molecule has 0 aliphatic rings. The van der Waals surface area contributed by atoms with Crippen LogP contribution in [-0.4, -0.2) is 16.0 Å². The molecule has 0 unspecified atom stereocenters. The van der Waals surface area contributed by atoms with Crippen LogP contribution in [-0.2, 0) is 0 Å². The van der Waals surface area contributed by atoms with E-state index in [1.54, 1.807) is 12.4 Å². The van der Waals surface area contributed by atoms with E-state index in [1.165, 1.54) is 11.3 Å². The van der Waals surface area contributed by atoms with Gasteiger partial charge in [-0.15, -0.1) is 0 Å². The van der Waals surface area contributed by atoms with Crippen molar-refractivity contribution in [3.8, 4) is 21.7 Å². The SMILES string of the molecule is Cc1cccc(-c2nc(NC(=O)Nc3ccccc3C)sc2-c2ccncc2)c1. The summed E-state index contributed by atoms with van der Waals surface area (Å²) < 4.78 is 0. The van der Waals surface area contributed by atoms with Crippen molar-refractivity contribution in [3.05, 3.63) is 84.2 Å². The molecule has 2 aromatic carbocycles. The summed E-state index contributed by atoms with van der Waals surface area (Å²) in [5.41, 5.74) is 5.80. The smallest absolute Gasteiger partial charge is 0.307 e. The Kier molecular flexibility index (Phi) is 5.35. The molecule has 2 N–H and O–H groups in total. The standard InChI is InChI=1S/C23H20N4OS/c1-15-6-5-8-18(14-15)20-21(17-10-12-24-13-11-17)29-23(26-20)27-22(28)25-19-9-4-3-7-16(19)2/h3-14H,1-2H3,(H2,25,26,27,28). The zero-order valence-corrected chi connectivity index (χ0v) is 17.0. The molecule has 29 heavy (non-hydrogen) atoms. The number of para-hydroxylation sites is 1. The lowest BCUT2D eigenvalue weighted by Crippen LogP contribution is -2.19. The molecular weight excluding hydrogens is 380 g/mol. The van der Waals surface area contributed by atoms with E-state index in [9.17, 15) is 4.79 Å². The largest absolute Gasteiger partial charge is 0.325 e. The van der Waals surface area contributed by atoms with Gasteiger partial charge in [0.15, 0.2) is 5.13 Å². The van der Waals surface area contributed by atoms with Gasteiger partial charge in [0.2, 0.25) is 0 Å². The predicted octanol–water partition coefficient (Wildman–Crippen LogP) is 6.13. The van der Waals surface area contributed by atoms with Crippen molar-refractivity contribution < 1.29 is 4.79 Å². The topological polar surface area (TPSA) is 66.9 Å². The van der Waals surface area contributed by atoms with Crippen LogP contribution in [0.3, 0.4) is 0 Å². The number of thiazole rings is 1. The van der Waals surface area contributed by atoms with E-state index in [0.717, 1.165) is 38.5 Å². The first-order valence-electron chi connectivity index (χ1n) is 9.22. The first-order chi connectivity index (χ1) is 14.1. The molecule has 0 saturated heterocycles. The van der Waals surface area contributed by atoms with Gasteiger partial charge in [0.1, 0.15) is 0 Å². The average Bonchev–Trinajstić information content (AvgIpc) is 3.14. The van der Waals surface area contributed by atoms with Crippen molar-refractivity contribution in [2.45, 2.75) is 13.8 Å². The minimum atomic E-state index is -0.315. The second-order valence-corrected chi connectivity index (χ2v) is 7.70. The molecule has 2 amide bonds. The van der Waals surface area contributed by atoms with E-state index in [1.807, 2.05) is 55.5 Å². The lowest BCUT2D eigenvalue weighted by Gasteiger charge is -2.07. The maximum atomic E-state index is 12.5. The fourth-order valence-corrected chi connectivity index (χ4v) is 4.01. The Hall–Kier alpha value is -3.51. The minimum Gasteiger partial charge on any atom is -0.307 e. The quantitative estimate of drug-likeness (QED) is 0.433. The highest BCUT2D eigenvalue weighted by molar-refractivity contribution is 7.19. The maximum Gasteiger partial charge on any atom is 0.325 e. The molecule has 0 atom stereocenters. The normalized spacial score (nSPS) is 10.6. The summed E-state index contributed by atoms with van der Waals surface area (Å²) in [6, 6.07) is 19.4. The molecular formula is C23H20N4OS. The molecule has 2 aromatic heterocycles. The van der Waals surface area contributed by atoms with Crippen LogP contribution in [0.5, 0.6) is 0 Å². The lowest BCUT2D eigenvalue weighted by atomic mass is 10.1. The third-order valence-corrected chi connectivity index (χ3v) is 5.49. The molecule has 2 heterocycles. The van der Waals surface area contributed by atoms with E-state index in [-0.39, 0.29) is 6.03 Å². The van der Waals surface area contributed by atoms with Crippen molar-refractivity contribution in [1.29, 1.82) is 0 Å². The highest BCUT2D eigenvalue weighted by Gasteiger charge is 2.17. The van der Waals surface area contributed by atoms with E-state index in [2.05, 4.69) is 34.7 Å². The molecule has 5 nitrogen and oxygen atoms in total. The zero-order chi connectivity index (χ0) is 20.2. The van der Waals surface area contributed by atoms with Crippen molar-refractivity contribution in [2.24, 2.45) is 0 Å². The number of anilines is 2. The number of carbonyl (C=O) groups excluding carboxylic acids is 1. The van der Waals surface area contributed by atoms with Crippen LogP contribution < -0.4 is 10.6 Å². The van der Waals surface area contributed by atoms with Gasteiger partial charge in [0.25, 0.3) is 0 Å². The zero-order valence-electron chi connectivity index (χ0n) is 16.1. The Bertz CT molecular complexity index is 1150. The third-order valence-electron chi connectivity index (χ3n) is 4.47. The van der Waals surface area contributed by atoms with E-state index in [4.69, 9.17) is 4.98 Å². The average molecular weight is 401 g/mol. The Morgan fingerprint density at radius 3 is 2.45 bits per heavy atom. The molecule has 0 aliphatic heterocycles. The number of hydrogen-bond acceptors (Lipinski definition) is 4. The van der Waals surface area contributed by atoms with Crippen molar-refractivity contribution in [3.63, 3.8) is 0 Å². The van der Waals surface area contributed by atoms with Gasteiger partial charge in [-0.25, -0.2) is 9.78 Å². The van der Waals surface area contributed by atoms with Gasteiger partial charge < -0.3 is 5.32 Å². The number of pyridine rings is 1. The molecule has 144 valence electrons. The maximum absolute atomic E-state index is 12.5. The van der Waals surface area contributed by atoms with Gasteiger partial charge in [-0.2, -0.15) is 0 Å². The van der Waals surface area contributed by atoms with Gasteiger partial charge in [0.05, 0.1) is 10.6 Å². The fraction of sp³-hybridized carbons (Fsp3) is 0.0870. The van der Waals surface area contributed by atoms with Gasteiger partial charge in [-0.3, -0.25) is 10.3 Å². The second kappa shape index (κ2) is 8.24. The summed E-state index contributed by atoms with van der Waals surface area (Å²) in [7, 11) is 0. The second-order valence-electron chi connectivity index (χ2n) is 6.70. The van der Waals surface area contributed by atoms with Gasteiger partial charge in [0, 0.05) is 23.6 Å². The van der Waals surface area contributed by atoms with Crippen LogP contribution in [0.25, 0.3) is 21.7 Å². The number of nitrogens with zero attached hydrogens (tertiary/aromatic N) is 2. The minimum absolute atomic E-state index is 0.315. The number of rotatable bonds is 4. The predicted molar refractivity (Wildman–Crippen MR) is 119 cm³/mol. The van der Waals surface area contributed by atoms with Crippen molar-refractivity contribution >= 4 is 28.2 Å². The Labute approximate surface area is 173 Å². The van der Waals surface area contributed by atoms with Gasteiger partial charge >= 0.3 is 6.03 Å². The molecule has 0 bridgehead atoms. The Morgan fingerprint density at radius 2 is 1.69 bits per heavy atom. The van der Waals surface area contributed by atoms with Gasteiger partial charge in [-0.1, -0.05) is 53.3 Å². The third kappa shape index (κ3) is 4.33. The monoisotopic (exact) mass is 400 g/mol. The summed E-state index contributed by atoms with van der Waals surface area (Å²) in [6.07, 6.45) is 3.51. The van der Waals surface area contributed by atoms with E-state index >= 15 is 0 Å². The van der Waals surface area contributed by atoms with Crippen LogP contribution in [0.2, 0.25) is 0 Å². The summed E-state index contributed by atoms with van der Waals surface area (Å²) in [5.74, 6) is 0. The number of urea groups is 1. The van der Waals surface area contributed by atoms with Crippen molar-refractivity contribution in [2.75, 3.05) is 10.6 Å². The number of hydrogen-bond donors (Lipinski definition) is 2. The fourth-order valence-electron chi connectivity index (χ4n) is 3.02. The highest BCUT2D eigenvalue weighted by Crippen LogP contribution is 2.39. The Morgan fingerprint density at radius 1 is 0.897 bits per heavy atom. The lowest BCUT2D eigenvalue weighted by molar-refractivity contribution is 0.262. The molecule has 0 saturated carbocycles. The Balaban J connectivity index is 1.66. The number of aromatic nitrogens is 2. The highest BCUT2D eigenvalue weighted by atomic mass is 32.1.